The number of sulfonamides is 1. The van der Waals surface area contributed by atoms with E-state index in [0.29, 0.717) is 6.61 Å². The van der Waals surface area contributed by atoms with Crippen molar-refractivity contribution in [3.8, 4) is 5.75 Å². The summed E-state index contributed by atoms with van der Waals surface area (Å²) in [5.74, 6) is -0.715. The Hall–Kier alpha value is -1.48. The fraction of sp³-hybridized carbons (Fsp3) is 0.333. The Labute approximate surface area is 138 Å². The summed E-state index contributed by atoms with van der Waals surface area (Å²) in [5.41, 5.74) is 0.751. The maximum atomic E-state index is 13.7. The SMILES string of the molecule is CCOc1ccc(S(=O)(=O)NCCC(O)c2ccsc2)cc1F. The summed E-state index contributed by atoms with van der Waals surface area (Å²) in [6, 6.07) is 5.27. The van der Waals surface area contributed by atoms with Gasteiger partial charge in [-0.25, -0.2) is 17.5 Å². The minimum atomic E-state index is -3.83. The van der Waals surface area contributed by atoms with E-state index in [1.165, 1.54) is 23.5 Å². The monoisotopic (exact) mass is 359 g/mol. The molecule has 0 aliphatic heterocycles. The number of hydrogen-bond donors (Lipinski definition) is 2. The third kappa shape index (κ3) is 4.74. The zero-order chi connectivity index (χ0) is 16.9. The summed E-state index contributed by atoms with van der Waals surface area (Å²) in [5, 5.41) is 13.6. The first-order valence-electron chi connectivity index (χ1n) is 7.06. The van der Waals surface area contributed by atoms with Crippen molar-refractivity contribution in [2.24, 2.45) is 0 Å². The molecule has 0 bridgehead atoms. The van der Waals surface area contributed by atoms with Crippen LogP contribution in [0, 0.1) is 5.82 Å². The van der Waals surface area contributed by atoms with Crippen LogP contribution in [-0.2, 0) is 10.0 Å². The van der Waals surface area contributed by atoms with Gasteiger partial charge in [0.25, 0.3) is 0 Å². The van der Waals surface area contributed by atoms with Gasteiger partial charge in [0.15, 0.2) is 11.6 Å². The molecule has 0 spiro atoms. The van der Waals surface area contributed by atoms with E-state index in [4.69, 9.17) is 4.74 Å². The summed E-state index contributed by atoms with van der Waals surface area (Å²) in [7, 11) is -3.83. The van der Waals surface area contributed by atoms with Crippen molar-refractivity contribution in [1.29, 1.82) is 0 Å². The normalized spacial score (nSPS) is 13.0. The number of hydrogen-bond acceptors (Lipinski definition) is 5. The molecule has 1 atom stereocenters. The molecule has 0 radical (unpaired) electrons. The lowest BCUT2D eigenvalue weighted by molar-refractivity contribution is 0.169. The highest BCUT2D eigenvalue weighted by Gasteiger charge is 2.17. The van der Waals surface area contributed by atoms with E-state index in [2.05, 4.69) is 4.72 Å². The Morgan fingerprint density at radius 2 is 2.17 bits per heavy atom. The van der Waals surface area contributed by atoms with Crippen LogP contribution in [0.5, 0.6) is 5.75 Å². The number of thiophene rings is 1. The molecular weight excluding hydrogens is 341 g/mol. The van der Waals surface area contributed by atoms with E-state index in [1.54, 1.807) is 18.4 Å². The fourth-order valence-corrected chi connectivity index (χ4v) is 3.73. The molecule has 2 N–H and O–H groups in total. The second-order valence-corrected chi connectivity index (χ2v) is 7.33. The Bertz CT molecular complexity index is 732. The Morgan fingerprint density at radius 1 is 1.39 bits per heavy atom. The minimum Gasteiger partial charge on any atom is -0.491 e. The molecule has 23 heavy (non-hydrogen) atoms. The van der Waals surface area contributed by atoms with E-state index in [1.807, 2.05) is 5.38 Å². The van der Waals surface area contributed by atoms with Crippen LogP contribution < -0.4 is 9.46 Å². The number of nitrogens with one attached hydrogen (secondary N) is 1. The van der Waals surface area contributed by atoms with Gasteiger partial charge in [-0.1, -0.05) is 0 Å². The van der Waals surface area contributed by atoms with E-state index in [9.17, 15) is 17.9 Å². The van der Waals surface area contributed by atoms with Gasteiger partial charge in [-0.15, -0.1) is 0 Å². The van der Waals surface area contributed by atoms with E-state index >= 15 is 0 Å². The second-order valence-electron chi connectivity index (χ2n) is 4.78. The predicted molar refractivity (Wildman–Crippen MR) is 86.7 cm³/mol. The van der Waals surface area contributed by atoms with Crippen molar-refractivity contribution in [1.82, 2.24) is 4.72 Å². The quantitative estimate of drug-likeness (QED) is 0.760. The molecular formula is C15H18FNO4S2. The lowest BCUT2D eigenvalue weighted by Crippen LogP contribution is -2.26. The molecule has 0 amide bonds. The molecule has 5 nitrogen and oxygen atoms in total. The molecule has 2 aromatic rings. The molecule has 2 rings (SSSR count). The van der Waals surface area contributed by atoms with Crippen LogP contribution in [0.1, 0.15) is 25.0 Å². The molecule has 0 saturated heterocycles. The van der Waals surface area contributed by atoms with Crippen LogP contribution in [0.4, 0.5) is 4.39 Å². The molecule has 1 aromatic heterocycles. The highest BCUT2D eigenvalue weighted by Crippen LogP contribution is 2.22. The van der Waals surface area contributed by atoms with Gasteiger partial charge in [0, 0.05) is 6.54 Å². The van der Waals surface area contributed by atoms with E-state index < -0.39 is 21.9 Å². The average Bonchev–Trinajstić information content (AvgIpc) is 3.03. The molecule has 8 heteroatoms. The molecule has 0 fully saturated rings. The van der Waals surface area contributed by atoms with E-state index in [-0.39, 0.29) is 23.6 Å². The van der Waals surface area contributed by atoms with Gasteiger partial charge in [0.05, 0.1) is 17.6 Å². The Kier molecular flexibility index (Phi) is 6.11. The summed E-state index contributed by atoms with van der Waals surface area (Å²) in [6.45, 7) is 2.06. The largest absolute Gasteiger partial charge is 0.491 e. The number of rotatable bonds is 8. The van der Waals surface area contributed by atoms with Gasteiger partial charge >= 0.3 is 0 Å². The summed E-state index contributed by atoms with van der Waals surface area (Å²) < 4.78 is 45.4. The maximum Gasteiger partial charge on any atom is 0.240 e. The first kappa shape index (κ1) is 17.9. The molecule has 1 aromatic carbocycles. The minimum absolute atomic E-state index is 0.0133. The van der Waals surface area contributed by atoms with Crippen LogP contribution in [0.2, 0.25) is 0 Å². The fourth-order valence-electron chi connectivity index (χ4n) is 1.97. The molecule has 0 aliphatic rings. The van der Waals surface area contributed by atoms with Crippen LogP contribution in [0.25, 0.3) is 0 Å². The van der Waals surface area contributed by atoms with Crippen LogP contribution >= 0.6 is 11.3 Å². The third-order valence-electron chi connectivity index (χ3n) is 3.15. The van der Waals surface area contributed by atoms with Crippen molar-refractivity contribution in [3.63, 3.8) is 0 Å². The summed E-state index contributed by atoms with van der Waals surface area (Å²) >= 11 is 1.46. The number of ether oxygens (including phenoxy) is 1. The Morgan fingerprint density at radius 3 is 2.78 bits per heavy atom. The van der Waals surface area contributed by atoms with Crippen LogP contribution in [0.3, 0.4) is 0 Å². The molecule has 1 heterocycles. The zero-order valence-electron chi connectivity index (χ0n) is 12.5. The van der Waals surface area contributed by atoms with Crippen molar-refractivity contribution >= 4 is 21.4 Å². The highest BCUT2D eigenvalue weighted by atomic mass is 32.2. The number of aliphatic hydroxyl groups is 1. The van der Waals surface area contributed by atoms with Crippen molar-refractivity contribution in [3.05, 3.63) is 46.4 Å². The molecule has 0 aliphatic carbocycles. The first-order valence-corrected chi connectivity index (χ1v) is 9.49. The van der Waals surface area contributed by atoms with Gasteiger partial charge < -0.3 is 9.84 Å². The van der Waals surface area contributed by atoms with Gasteiger partial charge in [-0.2, -0.15) is 11.3 Å². The molecule has 1 unspecified atom stereocenters. The van der Waals surface area contributed by atoms with Crippen molar-refractivity contribution in [2.45, 2.75) is 24.3 Å². The Balaban J connectivity index is 1.97. The lowest BCUT2D eigenvalue weighted by atomic mass is 10.1. The van der Waals surface area contributed by atoms with Crippen molar-refractivity contribution in [2.75, 3.05) is 13.2 Å². The van der Waals surface area contributed by atoms with Gasteiger partial charge in [-0.3, -0.25) is 0 Å². The van der Waals surface area contributed by atoms with Crippen LogP contribution in [0.15, 0.2) is 39.9 Å². The third-order valence-corrected chi connectivity index (χ3v) is 5.31. The maximum absolute atomic E-state index is 13.7. The topological polar surface area (TPSA) is 75.6 Å². The van der Waals surface area contributed by atoms with Crippen LogP contribution in [-0.4, -0.2) is 26.7 Å². The second kappa shape index (κ2) is 7.87. The first-order chi connectivity index (χ1) is 10.9. The zero-order valence-corrected chi connectivity index (χ0v) is 14.2. The number of benzene rings is 1. The smallest absolute Gasteiger partial charge is 0.240 e. The van der Waals surface area contributed by atoms with Gasteiger partial charge in [0.1, 0.15) is 0 Å². The lowest BCUT2D eigenvalue weighted by Gasteiger charge is -2.11. The van der Waals surface area contributed by atoms with E-state index in [0.717, 1.165) is 11.6 Å². The standard InChI is InChI=1S/C15H18FNO4S2/c1-2-21-15-4-3-12(9-13(15)16)23(19,20)17-7-5-14(18)11-6-8-22-10-11/h3-4,6,8-10,14,17-18H,2,5,7H2,1H3. The van der Waals surface area contributed by atoms with Crippen molar-refractivity contribution < 1.29 is 22.7 Å². The summed E-state index contributed by atoms with van der Waals surface area (Å²) in [4.78, 5) is -0.177. The van der Waals surface area contributed by atoms with Gasteiger partial charge in [0.2, 0.25) is 10.0 Å². The summed E-state index contributed by atoms with van der Waals surface area (Å²) in [6.07, 6.45) is -0.504. The molecule has 126 valence electrons. The number of aliphatic hydroxyl groups excluding tert-OH is 1. The van der Waals surface area contributed by atoms with Gasteiger partial charge in [-0.05, 0) is 53.9 Å². The molecule has 0 saturated carbocycles. The predicted octanol–water partition coefficient (Wildman–Crippen LogP) is 2.69. The number of halogens is 1. The highest BCUT2D eigenvalue weighted by molar-refractivity contribution is 7.89. The average molecular weight is 359 g/mol.